The normalized spacial score (nSPS) is 18.4. The van der Waals surface area contributed by atoms with Crippen molar-refractivity contribution < 1.29 is 28.4 Å². The molecule has 148 valence electrons. The van der Waals surface area contributed by atoms with Crippen molar-refractivity contribution in [2.45, 2.75) is 20.8 Å². The Morgan fingerprint density at radius 2 is 2.04 bits per heavy atom. The van der Waals surface area contributed by atoms with E-state index in [1.807, 2.05) is 0 Å². The lowest BCUT2D eigenvalue weighted by Gasteiger charge is -2.12. The van der Waals surface area contributed by atoms with Crippen molar-refractivity contribution >= 4 is 53.8 Å². The SMILES string of the molecule is O=C1NC(S)S/C1=C\c1cc(N(O)O)ccc1Sc1ccc(C(F)(F)F)cn1. The Balaban J connectivity index is 1.94. The highest BCUT2D eigenvalue weighted by atomic mass is 32.2. The fraction of sp³-hybridized carbons (Fsp3) is 0.125. The van der Waals surface area contributed by atoms with Crippen LogP contribution in [0.15, 0.2) is 51.4 Å². The summed E-state index contributed by atoms with van der Waals surface area (Å²) in [6.45, 7) is 0. The number of carbonyl (C=O) groups is 1. The number of thiol groups is 1. The number of alkyl halides is 3. The Morgan fingerprint density at radius 1 is 1.29 bits per heavy atom. The number of pyridine rings is 1. The van der Waals surface area contributed by atoms with Gasteiger partial charge in [-0.25, -0.2) is 4.98 Å². The molecular weight excluding hydrogens is 435 g/mol. The van der Waals surface area contributed by atoms with E-state index in [2.05, 4.69) is 22.9 Å². The summed E-state index contributed by atoms with van der Waals surface area (Å²) in [6.07, 6.45) is -2.20. The van der Waals surface area contributed by atoms with E-state index in [9.17, 15) is 28.4 Å². The largest absolute Gasteiger partial charge is 0.417 e. The predicted octanol–water partition coefficient (Wildman–Crippen LogP) is 4.25. The van der Waals surface area contributed by atoms with Crippen LogP contribution in [0.5, 0.6) is 0 Å². The third kappa shape index (κ3) is 4.94. The number of nitrogens with one attached hydrogen (secondary N) is 1. The lowest BCUT2D eigenvalue weighted by atomic mass is 10.2. The topological polar surface area (TPSA) is 85.7 Å². The first-order valence-electron chi connectivity index (χ1n) is 7.54. The fourth-order valence-corrected chi connectivity index (χ4v) is 4.28. The van der Waals surface area contributed by atoms with E-state index >= 15 is 0 Å². The van der Waals surface area contributed by atoms with E-state index in [1.54, 1.807) is 6.07 Å². The first kappa shape index (κ1) is 20.9. The van der Waals surface area contributed by atoms with E-state index in [4.69, 9.17) is 0 Å². The molecule has 0 bridgehead atoms. The molecule has 3 N–H and O–H groups in total. The number of amides is 1. The molecule has 2 aromatic rings. The van der Waals surface area contributed by atoms with E-state index in [-0.39, 0.29) is 16.8 Å². The highest BCUT2D eigenvalue weighted by molar-refractivity contribution is 8.14. The van der Waals surface area contributed by atoms with Crippen LogP contribution in [-0.2, 0) is 11.0 Å². The molecule has 2 heterocycles. The maximum Gasteiger partial charge on any atom is 0.417 e. The Labute approximate surface area is 171 Å². The van der Waals surface area contributed by atoms with Crippen LogP contribution in [0.25, 0.3) is 6.08 Å². The van der Waals surface area contributed by atoms with Crippen LogP contribution in [-0.4, -0.2) is 26.0 Å². The van der Waals surface area contributed by atoms with Crippen molar-refractivity contribution in [1.29, 1.82) is 0 Å². The van der Waals surface area contributed by atoms with Gasteiger partial charge in [-0.1, -0.05) is 23.5 Å². The Hall–Kier alpha value is -1.86. The molecule has 1 aliphatic rings. The summed E-state index contributed by atoms with van der Waals surface area (Å²) in [7, 11) is 0. The van der Waals surface area contributed by atoms with Gasteiger partial charge in [0.1, 0.15) is 9.73 Å². The first-order valence-corrected chi connectivity index (χ1v) is 9.75. The van der Waals surface area contributed by atoms with Crippen LogP contribution < -0.4 is 10.5 Å². The summed E-state index contributed by atoms with van der Waals surface area (Å²) in [4.78, 5) is 16.7. The zero-order valence-corrected chi connectivity index (χ0v) is 16.2. The van der Waals surface area contributed by atoms with Gasteiger partial charge in [-0.15, -0.1) is 17.9 Å². The number of thioether (sulfide) groups is 1. The zero-order chi connectivity index (χ0) is 20.5. The van der Waals surface area contributed by atoms with Crippen molar-refractivity contribution in [3.8, 4) is 0 Å². The summed E-state index contributed by atoms with van der Waals surface area (Å²) < 4.78 is 37.6. The van der Waals surface area contributed by atoms with E-state index < -0.39 is 16.4 Å². The Bertz CT molecular complexity index is 921. The van der Waals surface area contributed by atoms with Crippen LogP contribution in [0.2, 0.25) is 0 Å². The second-order valence-electron chi connectivity index (χ2n) is 5.45. The van der Waals surface area contributed by atoms with Gasteiger partial charge in [0, 0.05) is 11.1 Å². The average Bonchev–Trinajstić information content (AvgIpc) is 2.93. The van der Waals surface area contributed by atoms with Gasteiger partial charge in [0.25, 0.3) is 5.91 Å². The lowest BCUT2D eigenvalue weighted by Crippen LogP contribution is -2.19. The molecule has 1 amide bonds. The standard InChI is InChI=1S/C16H12F3N3O3S3/c17-16(18,19)9-1-4-13(20-7-9)27-11-3-2-10(22(24)25)5-8(11)6-12-14(23)21-15(26)28-12/h1-7,15,24-26H,(H,21,23)/b12-6-. The van der Waals surface area contributed by atoms with E-state index in [0.29, 0.717) is 20.4 Å². The van der Waals surface area contributed by atoms with Gasteiger partial charge in [-0.3, -0.25) is 15.2 Å². The molecule has 1 saturated heterocycles. The van der Waals surface area contributed by atoms with Crippen molar-refractivity contribution in [3.05, 3.63) is 52.6 Å². The quantitative estimate of drug-likeness (QED) is 0.317. The smallest absolute Gasteiger partial charge is 0.331 e. The minimum atomic E-state index is -4.48. The van der Waals surface area contributed by atoms with Gasteiger partial charge >= 0.3 is 6.18 Å². The number of anilines is 1. The number of hydrogen-bond acceptors (Lipinski definition) is 8. The fourth-order valence-electron chi connectivity index (χ4n) is 2.21. The molecule has 6 nitrogen and oxygen atoms in total. The minimum absolute atomic E-state index is 0.0439. The molecule has 0 spiro atoms. The zero-order valence-electron chi connectivity index (χ0n) is 13.7. The summed E-state index contributed by atoms with van der Waals surface area (Å²) in [6, 6.07) is 6.53. The van der Waals surface area contributed by atoms with Gasteiger partial charge in [0.15, 0.2) is 0 Å². The van der Waals surface area contributed by atoms with Crippen LogP contribution in [0, 0.1) is 0 Å². The molecule has 1 aliphatic heterocycles. The summed E-state index contributed by atoms with van der Waals surface area (Å²) in [5, 5.41) is 21.3. The van der Waals surface area contributed by atoms with Crippen molar-refractivity contribution in [3.63, 3.8) is 0 Å². The number of carbonyl (C=O) groups excluding carboxylic acids is 1. The minimum Gasteiger partial charge on any atom is -0.331 e. The van der Waals surface area contributed by atoms with Gasteiger partial charge < -0.3 is 5.32 Å². The molecule has 28 heavy (non-hydrogen) atoms. The monoisotopic (exact) mass is 447 g/mol. The van der Waals surface area contributed by atoms with Crippen molar-refractivity contribution in [1.82, 2.24) is 10.3 Å². The number of aromatic nitrogens is 1. The molecule has 1 aromatic heterocycles. The third-order valence-electron chi connectivity index (χ3n) is 3.51. The highest BCUT2D eigenvalue weighted by Crippen LogP contribution is 2.37. The van der Waals surface area contributed by atoms with Crippen LogP contribution in [0.1, 0.15) is 11.1 Å². The lowest BCUT2D eigenvalue weighted by molar-refractivity contribution is -0.137. The highest BCUT2D eigenvalue weighted by Gasteiger charge is 2.30. The first-order chi connectivity index (χ1) is 13.1. The summed E-state index contributed by atoms with van der Waals surface area (Å²) in [5.41, 5.74) is -0.357. The second-order valence-corrected chi connectivity index (χ2v) is 8.52. The number of rotatable bonds is 4. The summed E-state index contributed by atoms with van der Waals surface area (Å²) >= 11 is 6.42. The predicted molar refractivity (Wildman–Crippen MR) is 102 cm³/mol. The van der Waals surface area contributed by atoms with E-state index in [0.717, 1.165) is 24.0 Å². The van der Waals surface area contributed by atoms with Gasteiger partial charge in [-0.2, -0.15) is 13.2 Å². The third-order valence-corrected chi connectivity index (χ3v) is 5.89. The number of nitrogens with zero attached hydrogens (tertiary/aromatic N) is 2. The molecule has 0 radical (unpaired) electrons. The van der Waals surface area contributed by atoms with Crippen molar-refractivity contribution in [2.24, 2.45) is 0 Å². The molecule has 3 rings (SSSR count). The molecule has 1 unspecified atom stereocenters. The van der Waals surface area contributed by atoms with Gasteiger partial charge in [-0.05, 0) is 42.0 Å². The Kier molecular flexibility index (Phi) is 6.15. The second kappa shape index (κ2) is 8.25. The van der Waals surface area contributed by atoms with Gasteiger partial charge in [0.2, 0.25) is 0 Å². The van der Waals surface area contributed by atoms with E-state index in [1.165, 1.54) is 36.0 Å². The van der Waals surface area contributed by atoms with Crippen molar-refractivity contribution in [2.75, 3.05) is 5.23 Å². The Morgan fingerprint density at radius 3 is 2.57 bits per heavy atom. The average molecular weight is 447 g/mol. The maximum absolute atomic E-state index is 12.7. The maximum atomic E-state index is 12.7. The van der Waals surface area contributed by atoms with Crippen LogP contribution in [0.4, 0.5) is 18.9 Å². The molecule has 1 fully saturated rings. The molecule has 0 saturated carbocycles. The molecular formula is C16H12F3N3O3S3. The molecule has 12 heteroatoms. The number of hydrogen-bond donors (Lipinski definition) is 4. The van der Waals surface area contributed by atoms with Gasteiger partial charge in [0.05, 0.1) is 16.2 Å². The molecule has 1 aromatic carbocycles. The molecule has 0 aliphatic carbocycles. The number of halogens is 3. The number of benzene rings is 1. The van der Waals surface area contributed by atoms with Crippen LogP contribution in [0.3, 0.4) is 0 Å². The summed E-state index contributed by atoms with van der Waals surface area (Å²) in [5.74, 6) is -0.330. The van der Waals surface area contributed by atoms with Crippen LogP contribution >= 0.6 is 36.2 Å². The molecule has 1 atom stereocenters.